The summed E-state index contributed by atoms with van der Waals surface area (Å²) >= 11 is 3.32. The van der Waals surface area contributed by atoms with Gasteiger partial charge >= 0.3 is 0 Å². The van der Waals surface area contributed by atoms with E-state index in [-0.39, 0.29) is 10.6 Å². The second-order valence-corrected chi connectivity index (χ2v) is 7.29. The van der Waals surface area contributed by atoms with Crippen LogP contribution >= 0.6 is 15.9 Å². The van der Waals surface area contributed by atoms with Gasteiger partial charge in [0.1, 0.15) is 16.5 Å². The fourth-order valence-electron chi connectivity index (χ4n) is 1.98. The van der Waals surface area contributed by atoms with Crippen LogP contribution in [0.5, 0.6) is 5.75 Å². The van der Waals surface area contributed by atoms with Gasteiger partial charge in [0.15, 0.2) is 0 Å². The van der Waals surface area contributed by atoms with Crippen molar-refractivity contribution in [2.75, 3.05) is 7.11 Å². The number of halogens is 2. The van der Waals surface area contributed by atoms with E-state index in [2.05, 4.69) is 20.7 Å². The van der Waals surface area contributed by atoms with Crippen LogP contribution in [0.15, 0.2) is 51.8 Å². The van der Waals surface area contributed by atoms with Crippen molar-refractivity contribution >= 4 is 26.0 Å². The van der Waals surface area contributed by atoms with Crippen molar-refractivity contribution in [3.05, 3.63) is 58.3 Å². The summed E-state index contributed by atoms with van der Waals surface area (Å²) in [6, 6.07) is 10.2. The van der Waals surface area contributed by atoms with Crippen molar-refractivity contribution in [1.82, 2.24) is 4.72 Å². The highest BCUT2D eigenvalue weighted by Crippen LogP contribution is 2.26. The molecule has 0 amide bonds. The molecule has 7 heteroatoms. The van der Waals surface area contributed by atoms with Gasteiger partial charge < -0.3 is 4.74 Å². The van der Waals surface area contributed by atoms with Gasteiger partial charge in [0, 0.05) is 10.5 Å². The van der Waals surface area contributed by atoms with Crippen LogP contribution in [0.2, 0.25) is 0 Å². The maximum Gasteiger partial charge on any atom is 0.244 e. The second kappa shape index (κ2) is 6.76. The van der Waals surface area contributed by atoms with Gasteiger partial charge in [-0.05, 0) is 42.8 Å². The molecule has 1 unspecified atom stereocenters. The van der Waals surface area contributed by atoms with Crippen LogP contribution in [0.25, 0.3) is 0 Å². The third kappa shape index (κ3) is 3.85. The van der Waals surface area contributed by atoms with Gasteiger partial charge in [0.2, 0.25) is 10.0 Å². The van der Waals surface area contributed by atoms with Crippen LogP contribution in [0.1, 0.15) is 18.5 Å². The molecule has 0 spiro atoms. The highest BCUT2D eigenvalue weighted by atomic mass is 79.9. The Balaban J connectivity index is 2.31. The normalized spacial score (nSPS) is 12.9. The summed E-state index contributed by atoms with van der Waals surface area (Å²) in [5, 5.41) is 0. The topological polar surface area (TPSA) is 55.4 Å². The summed E-state index contributed by atoms with van der Waals surface area (Å²) in [6.45, 7) is 1.71. The molecule has 0 aliphatic heterocycles. The Morgan fingerprint density at radius 3 is 2.41 bits per heavy atom. The molecular weight excluding hydrogens is 373 g/mol. The van der Waals surface area contributed by atoms with E-state index in [4.69, 9.17) is 4.74 Å². The van der Waals surface area contributed by atoms with Crippen molar-refractivity contribution in [3.8, 4) is 5.75 Å². The maximum absolute atomic E-state index is 13.4. The summed E-state index contributed by atoms with van der Waals surface area (Å²) in [6.07, 6.45) is 0. The first-order valence-corrected chi connectivity index (χ1v) is 8.72. The Kier molecular flexibility index (Phi) is 5.20. The minimum atomic E-state index is -3.91. The van der Waals surface area contributed by atoms with Gasteiger partial charge in [-0.3, -0.25) is 0 Å². The van der Waals surface area contributed by atoms with Gasteiger partial charge in [-0.1, -0.05) is 28.1 Å². The maximum atomic E-state index is 13.4. The van der Waals surface area contributed by atoms with Crippen molar-refractivity contribution in [2.45, 2.75) is 17.9 Å². The van der Waals surface area contributed by atoms with Crippen molar-refractivity contribution < 1.29 is 17.5 Å². The molecule has 0 heterocycles. The first-order chi connectivity index (χ1) is 10.3. The van der Waals surface area contributed by atoms with Gasteiger partial charge in [0.05, 0.1) is 7.11 Å². The van der Waals surface area contributed by atoms with Crippen LogP contribution in [0.3, 0.4) is 0 Å². The van der Waals surface area contributed by atoms with E-state index in [1.807, 2.05) is 12.1 Å². The molecular formula is C15H15BrFNO3S. The minimum absolute atomic E-state index is 0.0944. The summed E-state index contributed by atoms with van der Waals surface area (Å²) < 4.78 is 46.7. The van der Waals surface area contributed by atoms with E-state index < -0.39 is 21.9 Å². The molecule has 0 radical (unpaired) electrons. The summed E-state index contributed by atoms with van der Waals surface area (Å²) in [7, 11) is -2.57. The number of methoxy groups -OCH3 is 1. The highest BCUT2D eigenvalue weighted by Gasteiger charge is 2.23. The van der Waals surface area contributed by atoms with Crippen molar-refractivity contribution in [2.24, 2.45) is 0 Å². The SMILES string of the molecule is COc1ccc(F)cc1S(=O)(=O)NC(C)c1ccc(Br)cc1. The quantitative estimate of drug-likeness (QED) is 0.851. The number of hydrogen-bond acceptors (Lipinski definition) is 3. The highest BCUT2D eigenvalue weighted by molar-refractivity contribution is 9.10. The number of rotatable bonds is 5. The summed E-state index contributed by atoms with van der Waals surface area (Å²) in [5.74, 6) is -0.547. The standard InChI is InChI=1S/C15H15BrFNO3S/c1-10(11-3-5-12(16)6-4-11)18-22(19,20)15-9-13(17)7-8-14(15)21-2/h3-10,18H,1-2H3. The van der Waals surface area contributed by atoms with E-state index in [1.54, 1.807) is 19.1 Å². The fourth-order valence-corrected chi connectivity index (χ4v) is 3.65. The first kappa shape index (κ1) is 16.9. The first-order valence-electron chi connectivity index (χ1n) is 6.45. The lowest BCUT2D eigenvalue weighted by atomic mass is 10.1. The zero-order valence-corrected chi connectivity index (χ0v) is 14.4. The predicted molar refractivity (Wildman–Crippen MR) is 85.8 cm³/mol. The number of benzene rings is 2. The van der Waals surface area contributed by atoms with E-state index in [0.29, 0.717) is 0 Å². The Morgan fingerprint density at radius 1 is 1.18 bits per heavy atom. The Hall–Kier alpha value is -1.44. The largest absolute Gasteiger partial charge is 0.495 e. The zero-order chi connectivity index (χ0) is 16.3. The van der Waals surface area contributed by atoms with Crippen LogP contribution < -0.4 is 9.46 Å². The zero-order valence-electron chi connectivity index (χ0n) is 12.0. The third-order valence-electron chi connectivity index (χ3n) is 3.12. The second-order valence-electron chi connectivity index (χ2n) is 4.69. The number of nitrogens with one attached hydrogen (secondary N) is 1. The number of hydrogen-bond donors (Lipinski definition) is 1. The monoisotopic (exact) mass is 387 g/mol. The molecule has 118 valence electrons. The molecule has 2 rings (SSSR count). The van der Waals surface area contributed by atoms with Gasteiger partial charge in [0.25, 0.3) is 0 Å². The van der Waals surface area contributed by atoms with Gasteiger partial charge in [-0.15, -0.1) is 0 Å². The lowest BCUT2D eigenvalue weighted by molar-refractivity contribution is 0.400. The van der Waals surface area contributed by atoms with Crippen LogP contribution in [-0.2, 0) is 10.0 Å². The molecule has 2 aromatic rings. The fraction of sp³-hybridized carbons (Fsp3) is 0.200. The Labute approximate surface area is 137 Å². The van der Waals surface area contributed by atoms with E-state index in [0.717, 1.165) is 22.2 Å². The molecule has 0 aliphatic rings. The molecule has 0 saturated carbocycles. The molecule has 4 nitrogen and oxygen atoms in total. The lowest BCUT2D eigenvalue weighted by Gasteiger charge is -2.16. The van der Waals surface area contributed by atoms with E-state index in [1.165, 1.54) is 13.2 Å². The molecule has 22 heavy (non-hydrogen) atoms. The minimum Gasteiger partial charge on any atom is -0.495 e. The Bertz CT molecular complexity index is 763. The average Bonchev–Trinajstić information content (AvgIpc) is 2.47. The molecule has 0 aromatic heterocycles. The van der Waals surface area contributed by atoms with E-state index in [9.17, 15) is 12.8 Å². The van der Waals surface area contributed by atoms with Crippen molar-refractivity contribution in [3.63, 3.8) is 0 Å². The average molecular weight is 388 g/mol. The molecule has 1 N–H and O–H groups in total. The van der Waals surface area contributed by atoms with Gasteiger partial charge in [-0.25, -0.2) is 17.5 Å². The van der Waals surface area contributed by atoms with Crippen LogP contribution in [-0.4, -0.2) is 15.5 Å². The molecule has 2 aromatic carbocycles. The smallest absolute Gasteiger partial charge is 0.244 e. The molecule has 0 aliphatic carbocycles. The van der Waals surface area contributed by atoms with E-state index >= 15 is 0 Å². The summed E-state index contributed by atoms with van der Waals surface area (Å²) in [5.41, 5.74) is 0.794. The van der Waals surface area contributed by atoms with Crippen LogP contribution in [0.4, 0.5) is 4.39 Å². The molecule has 0 fully saturated rings. The Morgan fingerprint density at radius 2 is 1.82 bits per heavy atom. The van der Waals surface area contributed by atoms with Crippen LogP contribution in [0, 0.1) is 5.82 Å². The number of sulfonamides is 1. The summed E-state index contributed by atoms with van der Waals surface area (Å²) in [4.78, 5) is -0.223. The molecule has 1 atom stereocenters. The molecule has 0 bridgehead atoms. The molecule has 0 saturated heterocycles. The number of ether oxygens (including phenoxy) is 1. The van der Waals surface area contributed by atoms with Crippen molar-refractivity contribution in [1.29, 1.82) is 0 Å². The lowest BCUT2D eigenvalue weighted by Crippen LogP contribution is -2.27. The predicted octanol–water partition coefficient (Wildman–Crippen LogP) is 3.64. The van der Waals surface area contributed by atoms with Gasteiger partial charge in [-0.2, -0.15) is 0 Å². The third-order valence-corrected chi connectivity index (χ3v) is 5.21.